The maximum absolute atomic E-state index is 11.7. The second-order valence-corrected chi connectivity index (χ2v) is 6.68. The number of carbonyl (C=O) groups is 1. The van der Waals surface area contributed by atoms with E-state index >= 15 is 0 Å². The molecule has 1 saturated carbocycles. The Morgan fingerprint density at radius 2 is 2.22 bits per heavy atom. The molecule has 0 unspecified atom stereocenters. The van der Waals surface area contributed by atoms with Crippen molar-refractivity contribution in [3.8, 4) is 11.3 Å². The lowest BCUT2D eigenvalue weighted by atomic mass is 9.91. The Hall–Kier alpha value is -1.89. The molecule has 0 spiro atoms. The van der Waals surface area contributed by atoms with Crippen molar-refractivity contribution in [2.75, 3.05) is 12.0 Å². The zero-order valence-corrected chi connectivity index (χ0v) is 14.0. The van der Waals surface area contributed by atoms with E-state index in [2.05, 4.69) is 26.6 Å². The lowest BCUT2D eigenvalue weighted by Gasteiger charge is -2.29. The van der Waals surface area contributed by atoms with Crippen LogP contribution in [0.4, 0.5) is 0 Å². The maximum Gasteiger partial charge on any atom is 0.230 e. The molecule has 0 saturated heterocycles. The number of aromatic nitrogens is 4. The highest BCUT2D eigenvalue weighted by atomic mass is 32.2. The predicted molar refractivity (Wildman–Crippen MR) is 91.1 cm³/mol. The molecule has 2 heterocycles. The van der Waals surface area contributed by atoms with E-state index in [1.54, 1.807) is 24.3 Å². The fraction of sp³-hybridized carbons (Fsp3) is 0.500. The molecule has 0 radical (unpaired) electrons. The first kappa shape index (κ1) is 16.0. The Labute approximate surface area is 140 Å². The monoisotopic (exact) mass is 331 g/mol. The largest absolute Gasteiger partial charge is 0.353 e. The minimum atomic E-state index is 0.145. The van der Waals surface area contributed by atoms with E-state index in [0.717, 1.165) is 36.9 Å². The Balaban J connectivity index is 1.56. The molecule has 3 rings (SSSR count). The molecule has 122 valence electrons. The van der Waals surface area contributed by atoms with Crippen LogP contribution in [0.25, 0.3) is 11.3 Å². The Morgan fingerprint density at radius 1 is 1.39 bits per heavy atom. The Morgan fingerprint density at radius 3 is 2.91 bits per heavy atom. The SMILES string of the molecule is CSCC(=O)NC1CCC(n2cc(-c3ccncn3)cn2)CC1. The first-order valence-electron chi connectivity index (χ1n) is 7.85. The molecule has 7 heteroatoms. The molecule has 0 aliphatic heterocycles. The second kappa shape index (κ2) is 7.59. The van der Waals surface area contributed by atoms with Gasteiger partial charge in [0.2, 0.25) is 5.91 Å². The van der Waals surface area contributed by atoms with Gasteiger partial charge in [-0.2, -0.15) is 16.9 Å². The van der Waals surface area contributed by atoms with Crippen LogP contribution in [0, 0.1) is 0 Å². The first-order valence-corrected chi connectivity index (χ1v) is 9.24. The van der Waals surface area contributed by atoms with Crippen LogP contribution in [-0.2, 0) is 4.79 Å². The van der Waals surface area contributed by atoms with Crippen molar-refractivity contribution in [2.24, 2.45) is 0 Å². The highest BCUT2D eigenvalue weighted by Crippen LogP contribution is 2.29. The van der Waals surface area contributed by atoms with Crippen LogP contribution in [-0.4, -0.2) is 43.7 Å². The summed E-state index contributed by atoms with van der Waals surface area (Å²) in [5, 5.41) is 7.61. The standard InChI is InChI=1S/C16H21N5OS/c1-23-10-16(22)20-13-2-4-14(5-3-13)21-9-12(8-19-21)15-6-7-17-11-18-15/h6-9,11,13-14H,2-5,10H2,1H3,(H,20,22). The van der Waals surface area contributed by atoms with Crippen molar-refractivity contribution in [3.05, 3.63) is 31.0 Å². The van der Waals surface area contributed by atoms with Crippen molar-refractivity contribution < 1.29 is 4.79 Å². The van der Waals surface area contributed by atoms with Crippen molar-refractivity contribution in [1.82, 2.24) is 25.1 Å². The summed E-state index contributed by atoms with van der Waals surface area (Å²) >= 11 is 1.56. The van der Waals surface area contributed by atoms with E-state index in [1.807, 2.05) is 23.2 Å². The summed E-state index contributed by atoms with van der Waals surface area (Å²) < 4.78 is 2.04. The summed E-state index contributed by atoms with van der Waals surface area (Å²) in [5.41, 5.74) is 1.91. The molecule has 2 aromatic heterocycles. The van der Waals surface area contributed by atoms with Gasteiger partial charge in [-0.3, -0.25) is 9.48 Å². The second-order valence-electron chi connectivity index (χ2n) is 5.81. The smallest absolute Gasteiger partial charge is 0.230 e. The molecule has 0 bridgehead atoms. The third-order valence-corrected chi connectivity index (χ3v) is 4.74. The van der Waals surface area contributed by atoms with Crippen LogP contribution in [0.15, 0.2) is 31.0 Å². The van der Waals surface area contributed by atoms with Gasteiger partial charge in [0.05, 0.1) is 23.7 Å². The van der Waals surface area contributed by atoms with Crippen molar-refractivity contribution in [1.29, 1.82) is 0 Å². The summed E-state index contributed by atoms with van der Waals surface area (Å²) in [6, 6.07) is 2.60. The van der Waals surface area contributed by atoms with E-state index in [0.29, 0.717) is 17.8 Å². The Bertz CT molecular complexity index is 637. The predicted octanol–water partition coefficient (Wildman–Crippen LogP) is 2.30. The molecule has 0 atom stereocenters. The number of carbonyl (C=O) groups excluding carboxylic acids is 1. The molecule has 1 amide bonds. The van der Waals surface area contributed by atoms with E-state index < -0.39 is 0 Å². The molecule has 6 nitrogen and oxygen atoms in total. The summed E-state index contributed by atoms with van der Waals surface area (Å²) in [4.78, 5) is 19.9. The number of rotatable bonds is 5. The highest BCUT2D eigenvalue weighted by Gasteiger charge is 2.24. The van der Waals surface area contributed by atoms with Gasteiger partial charge in [0, 0.05) is 24.0 Å². The quantitative estimate of drug-likeness (QED) is 0.910. The lowest BCUT2D eigenvalue weighted by Crippen LogP contribution is -2.38. The molecule has 0 aromatic carbocycles. The fourth-order valence-corrected chi connectivity index (χ4v) is 3.36. The van der Waals surface area contributed by atoms with Crippen LogP contribution in [0.3, 0.4) is 0 Å². The van der Waals surface area contributed by atoms with Gasteiger partial charge in [-0.1, -0.05) is 0 Å². The van der Waals surface area contributed by atoms with Crippen molar-refractivity contribution >= 4 is 17.7 Å². The molecule has 1 aliphatic rings. The normalized spacial score (nSPS) is 21.1. The lowest BCUT2D eigenvalue weighted by molar-refractivity contribution is -0.119. The van der Waals surface area contributed by atoms with E-state index in [4.69, 9.17) is 0 Å². The van der Waals surface area contributed by atoms with E-state index in [9.17, 15) is 4.79 Å². The van der Waals surface area contributed by atoms with Crippen LogP contribution >= 0.6 is 11.8 Å². The highest BCUT2D eigenvalue weighted by molar-refractivity contribution is 7.99. The number of thioether (sulfide) groups is 1. The molecule has 2 aromatic rings. The molecule has 1 aliphatic carbocycles. The van der Waals surface area contributed by atoms with Crippen LogP contribution in [0.1, 0.15) is 31.7 Å². The zero-order chi connectivity index (χ0) is 16.1. The van der Waals surface area contributed by atoms with Crippen molar-refractivity contribution in [2.45, 2.75) is 37.8 Å². The number of amides is 1. The molecule has 1 N–H and O–H groups in total. The zero-order valence-electron chi connectivity index (χ0n) is 13.2. The average molecular weight is 331 g/mol. The third kappa shape index (κ3) is 4.10. The summed E-state index contributed by atoms with van der Waals surface area (Å²) in [6.45, 7) is 0. The van der Waals surface area contributed by atoms with Gasteiger partial charge in [-0.05, 0) is 38.0 Å². The minimum Gasteiger partial charge on any atom is -0.353 e. The maximum atomic E-state index is 11.7. The van der Waals surface area contributed by atoms with Crippen LogP contribution < -0.4 is 5.32 Å². The fourth-order valence-electron chi connectivity index (χ4n) is 3.02. The summed E-state index contributed by atoms with van der Waals surface area (Å²) in [5.74, 6) is 0.688. The summed E-state index contributed by atoms with van der Waals surface area (Å²) in [7, 11) is 0. The van der Waals surface area contributed by atoms with Crippen LogP contribution in [0.5, 0.6) is 0 Å². The van der Waals surface area contributed by atoms with Crippen molar-refractivity contribution in [3.63, 3.8) is 0 Å². The average Bonchev–Trinajstić information content (AvgIpc) is 3.07. The van der Waals surface area contributed by atoms with E-state index in [1.165, 1.54) is 0 Å². The van der Waals surface area contributed by atoms with E-state index in [-0.39, 0.29) is 5.91 Å². The van der Waals surface area contributed by atoms with Gasteiger partial charge in [-0.25, -0.2) is 9.97 Å². The molecule has 23 heavy (non-hydrogen) atoms. The van der Waals surface area contributed by atoms with Gasteiger partial charge < -0.3 is 5.32 Å². The number of nitrogens with zero attached hydrogens (tertiary/aromatic N) is 4. The number of hydrogen-bond acceptors (Lipinski definition) is 5. The number of nitrogens with one attached hydrogen (secondary N) is 1. The summed E-state index contributed by atoms with van der Waals surface area (Å²) in [6.07, 6.45) is 13.2. The van der Waals surface area contributed by atoms with Gasteiger partial charge in [0.15, 0.2) is 0 Å². The van der Waals surface area contributed by atoms with Gasteiger partial charge in [0.1, 0.15) is 6.33 Å². The van der Waals surface area contributed by atoms with Gasteiger partial charge >= 0.3 is 0 Å². The van der Waals surface area contributed by atoms with Gasteiger partial charge in [-0.15, -0.1) is 0 Å². The molecular formula is C16H21N5OS. The Kier molecular flexibility index (Phi) is 5.27. The van der Waals surface area contributed by atoms with Gasteiger partial charge in [0.25, 0.3) is 0 Å². The first-order chi connectivity index (χ1) is 11.3. The minimum absolute atomic E-state index is 0.145. The topological polar surface area (TPSA) is 72.7 Å². The number of hydrogen-bond donors (Lipinski definition) is 1. The third-order valence-electron chi connectivity index (χ3n) is 4.19. The molecular weight excluding hydrogens is 310 g/mol. The molecule has 1 fully saturated rings. The van der Waals surface area contributed by atoms with Crippen LogP contribution in [0.2, 0.25) is 0 Å².